The average Bonchev–Trinajstić information content (AvgIpc) is 2.19. The predicted molar refractivity (Wildman–Crippen MR) is 42.4 cm³/mol. The zero-order chi connectivity index (χ0) is 7.98. The number of amides is 1. The van der Waals surface area contributed by atoms with Gasteiger partial charge in [-0.3, -0.25) is 4.79 Å². The van der Waals surface area contributed by atoms with Gasteiger partial charge in [-0.05, 0) is 11.5 Å². The molecule has 10 heavy (non-hydrogen) atoms. The Morgan fingerprint density at radius 1 is 1.70 bits per heavy atom. The minimum absolute atomic E-state index is 0.250. The molecule has 0 bridgehead atoms. The van der Waals surface area contributed by atoms with Crippen LogP contribution in [0, 0.1) is 0 Å². The number of halogens is 2. The molecule has 0 radical (unpaired) electrons. The first-order valence-electron chi connectivity index (χ1n) is 2.13. The SMILES string of the molecule is Clc1csnc1Cl.NC=O. The molecule has 1 amide bonds. The molecule has 1 rings (SSSR count). The van der Waals surface area contributed by atoms with Gasteiger partial charge in [0.05, 0.1) is 5.02 Å². The van der Waals surface area contributed by atoms with E-state index in [2.05, 4.69) is 10.1 Å². The van der Waals surface area contributed by atoms with Gasteiger partial charge < -0.3 is 5.73 Å². The Morgan fingerprint density at radius 2 is 2.20 bits per heavy atom. The highest BCUT2D eigenvalue weighted by Crippen LogP contribution is 2.20. The van der Waals surface area contributed by atoms with Gasteiger partial charge in [-0.25, -0.2) is 0 Å². The van der Waals surface area contributed by atoms with E-state index in [9.17, 15) is 0 Å². The summed E-state index contributed by atoms with van der Waals surface area (Å²) in [5.74, 6) is 0. The van der Waals surface area contributed by atoms with E-state index in [0.29, 0.717) is 10.2 Å². The molecule has 0 aliphatic carbocycles. The van der Waals surface area contributed by atoms with Gasteiger partial charge in [0, 0.05) is 5.38 Å². The summed E-state index contributed by atoms with van der Waals surface area (Å²) in [6.07, 6.45) is 0.250. The fraction of sp³-hybridized carbons (Fsp3) is 0. The normalized spacial score (nSPS) is 7.80. The fourth-order valence-corrected chi connectivity index (χ4v) is 1.11. The van der Waals surface area contributed by atoms with Gasteiger partial charge in [0.1, 0.15) is 0 Å². The summed E-state index contributed by atoms with van der Waals surface area (Å²) >= 11 is 12.1. The molecular formula is C4H4Cl2N2OS. The van der Waals surface area contributed by atoms with Crippen molar-refractivity contribution in [1.29, 1.82) is 0 Å². The number of aromatic nitrogens is 1. The quantitative estimate of drug-likeness (QED) is 0.644. The molecule has 56 valence electrons. The minimum atomic E-state index is 0.250. The standard InChI is InChI=1S/C3HCl2NS.CH3NO/c4-2-1-7-6-3(2)5;2-1-3/h1H;1H,(H2,2,3). The number of nitrogens with zero attached hydrogens (tertiary/aromatic N) is 1. The number of hydrogen-bond acceptors (Lipinski definition) is 3. The van der Waals surface area contributed by atoms with Crippen LogP contribution >= 0.6 is 34.7 Å². The van der Waals surface area contributed by atoms with Crippen molar-refractivity contribution >= 4 is 41.1 Å². The van der Waals surface area contributed by atoms with Crippen molar-refractivity contribution in [3.8, 4) is 0 Å². The van der Waals surface area contributed by atoms with Gasteiger partial charge in [0.25, 0.3) is 0 Å². The molecule has 1 aromatic rings. The maximum atomic E-state index is 8.58. The molecule has 0 unspecified atom stereocenters. The van der Waals surface area contributed by atoms with Crippen LogP contribution in [0.15, 0.2) is 5.38 Å². The zero-order valence-corrected chi connectivity index (χ0v) is 7.08. The Morgan fingerprint density at radius 3 is 2.30 bits per heavy atom. The van der Waals surface area contributed by atoms with Crippen LogP contribution in [0.3, 0.4) is 0 Å². The van der Waals surface area contributed by atoms with E-state index in [1.54, 1.807) is 5.38 Å². The molecule has 0 saturated heterocycles. The minimum Gasteiger partial charge on any atom is -0.372 e. The molecule has 0 saturated carbocycles. The smallest absolute Gasteiger partial charge is 0.204 e. The summed E-state index contributed by atoms with van der Waals surface area (Å²) in [5.41, 5.74) is 4.17. The summed E-state index contributed by atoms with van der Waals surface area (Å²) in [5, 5.41) is 2.61. The topological polar surface area (TPSA) is 56.0 Å². The first kappa shape index (κ1) is 9.68. The van der Waals surface area contributed by atoms with Crippen molar-refractivity contribution in [1.82, 2.24) is 4.37 Å². The van der Waals surface area contributed by atoms with Crippen LogP contribution < -0.4 is 5.73 Å². The maximum absolute atomic E-state index is 8.58. The van der Waals surface area contributed by atoms with E-state index in [0.717, 1.165) is 0 Å². The molecule has 1 heterocycles. The lowest BCUT2D eigenvalue weighted by molar-refractivity contribution is -0.106. The molecule has 0 aromatic carbocycles. The second kappa shape index (κ2) is 5.46. The number of nitrogens with two attached hydrogens (primary N) is 1. The molecule has 6 heteroatoms. The second-order valence-electron chi connectivity index (χ2n) is 1.09. The second-order valence-corrected chi connectivity index (χ2v) is 2.48. The number of primary amides is 1. The van der Waals surface area contributed by atoms with Gasteiger partial charge >= 0.3 is 0 Å². The van der Waals surface area contributed by atoms with Crippen molar-refractivity contribution < 1.29 is 4.79 Å². The Balaban J connectivity index is 0.000000236. The maximum Gasteiger partial charge on any atom is 0.204 e. The van der Waals surface area contributed by atoms with E-state index in [-0.39, 0.29) is 6.41 Å². The Hall–Kier alpha value is -0.320. The highest BCUT2D eigenvalue weighted by Gasteiger charge is 1.94. The lowest BCUT2D eigenvalue weighted by Gasteiger charge is -1.71. The summed E-state index contributed by atoms with van der Waals surface area (Å²) in [4.78, 5) is 8.58. The summed E-state index contributed by atoms with van der Waals surface area (Å²) in [6.45, 7) is 0. The van der Waals surface area contributed by atoms with Gasteiger partial charge in [-0.1, -0.05) is 23.2 Å². The zero-order valence-electron chi connectivity index (χ0n) is 4.75. The van der Waals surface area contributed by atoms with E-state index in [1.807, 2.05) is 0 Å². The highest BCUT2D eigenvalue weighted by atomic mass is 35.5. The van der Waals surface area contributed by atoms with Crippen molar-refractivity contribution in [2.24, 2.45) is 5.73 Å². The largest absolute Gasteiger partial charge is 0.372 e. The third-order valence-corrected chi connectivity index (χ3v) is 2.02. The van der Waals surface area contributed by atoms with E-state index in [4.69, 9.17) is 28.0 Å². The van der Waals surface area contributed by atoms with Gasteiger partial charge in [0.2, 0.25) is 6.41 Å². The van der Waals surface area contributed by atoms with E-state index in [1.165, 1.54) is 11.5 Å². The number of carbonyl (C=O) groups excluding carboxylic acids is 1. The fourth-order valence-electron chi connectivity index (χ4n) is 0.211. The number of hydrogen-bond donors (Lipinski definition) is 1. The molecule has 0 fully saturated rings. The lowest BCUT2D eigenvalue weighted by Crippen LogP contribution is -1.82. The average molecular weight is 199 g/mol. The molecule has 0 aliphatic heterocycles. The molecule has 2 N–H and O–H groups in total. The highest BCUT2D eigenvalue weighted by molar-refractivity contribution is 7.04. The third kappa shape index (κ3) is 3.66. The van der Waals surface area contributed by atoms with Crippen LogP contribution in [0.4, 0.5) is 0 Å². The summed E-state index contributed by atoms with van der Waals surface area (Å²) in [7, 11) is 0. The van der Waals surface area contributed by atoms with Gasteiger partial charge in [-0.2, -0.15) is 4.37 Å². The third-order valence-electron chi connectivity index (χ3n) is 0.486. The Bertz CT molecular complexity index is 186. The molecule has 1 aromatic heterocycles. The van der Waals surface area contributed by atoms with E-state index < -0.39 is 0 Å². The van der Waals surface area contributed by atoms with Gasteiger partial charge in [0.15, 0.2) is 5.15 Å². The van der Waals surface area contributed by atoms with Crippen LogP contribution in [-0.4, -0.2) is 10.8 Å². The first-order chi connectivity index (χ1) is 4.72. The molecule has 0 aliphatic rings. The first-order valence-corrected chi connectivity index (χ1v) is 3.72. The van der Waals surface area contributed by atoms with Gasteiger partial charge in [-0.15, -0.1) is 0 Å². The van der Waals surface area contributed by atoms with Crippen molar-refractivity contribution in [2.45, 2.75) is 0 Å². The monoisotopic (exact) mass is 198 g/mol. The van der Waals surface area contributed by atoms with E-state index >= 15 is 0 Å². The van der Waals surface area contributed by atoms with Crippen molar-refractivity contribution in [3.05, 3.63) is 15.6 Å². The Labute approximate surface area is 71.9 Å². The molecule has 0 atom stereocenters. The van der Waals surface area contributed by atoms with Crippen LogP contribution in [-0.2, 0) is 4.79 Å². The molecular weight excluding hydrogens is 195 g/mol. The van der Waals surface area contributed by atoms with Crippen molar-refractivity contribution in [2.75, 3.05) is 0 Å². The molecule has 3 nitrogen and oxygen atoms in total. The lowest BCUT2D eigenvalue weighted by atomic mass is 10.8. The number of carbonyl (C=O) groups is 1. The summed E-state index contributed by atoms with van der Waals surface area (Å²) in [6, 6.07) is 0. The van der Waals surface area contributed by atoms with Crippen LogP contribution in [0.2, 0.25) is 10.2 Å². The number of rotatable bonds is 0. The summed E-state index contributed by atoms with van der Waals surface area (Å²) < 4.78 is 3.69. The Kier molecular flexibility index (Phi) is 5.29. The van der Waals surface area contributed by atoms with Crippen LogP contribution in [0.25, 0.3) is 0 Å². The van der Waals surface area contributed by atoms with Crippen LogP contribution in [0.5, 0.6) is 0 Å². The van der Waals surface area contributed by atoms with Crippen LogP contribution in [0.1, 0.15) is 0 Å². The molecule has 0 spiro atoms. The van der Waals surface area contributed by atoms with Crippen molar-refractivity contribution in [3.63, 3.8) is 0 Å². The predicted octanol–water partition coefficient (Wildman–Crippen LogP) is 1.55.